The van der Waals surface area contributed by atoms with Crippen LogP contribution in [0.4, 0.5) is 5.82 Å². The molecule has 5 heteroatoms. The van der Waals surface area contributed by atoms with Gasteiger partial charge in [-0.3, -0.25) is 4.79 Å². The molecule has 22 heavy (non-hydrogen) atoms. The number of aliphatic hydroxyl groups is 1. The molecule has 0 unspecified atom stereocenters. The maximum absolute atomic E-state index is 12.2. The lowest BCUT2D eigenvalue weighted by molar-refractivity contribution is -0.0366. The minimum Gasteiger partial charge on any atom is -0.390 e. The van der Waals surface area contributed by atoms with Crippen LogP contribution in [0.15, 0.2) is 18.3 Å². The highest BCUT2D eigenvalue weighted by Gasteiger charge is 2.39. The van der Waals surface area contributed by atoms with Crippen molar-refractivity contribution in [3.8, 4) is 0 Å². The highest BCUT2D eigenvalue weighted by molar-refractivity contribution is 5.94. The predicted octanol–water partition coefficient (Wildman–Crippen LogP) is 2.11. The molecule has 0 bridgehead atoms. The molecule has 2 aliphatic rings. The summed E-state index contributed by atoms with van der Waals surface area (Å²) in [5, 5.41) is 12.6. The molecule has 2 heterocycles. The molecule has 3 rings (SSSR count). The number of aromatic nitrogens is 1. The van der Waals surface area contributed by atoms with Gasteiger partial charge in [0.05, 0.1) is 11.2 Å². The fraction of sp³-hybridized carbons (Fsp3) is 0.647. The quantitative estimate of drug-likeness (QED) is 0.897. The van der Waals surface area contributed by atoms with E-state index in [-0.39, 0.29) is 11.9 Å². The van der Waals surface area contributed by atoms with Gasteiger partial charge < -0.3 is 15.3 Å². The van der Waals surface area contributed by atoms with Gasteiger partial charge in [0.2, 0.25) is 0 Å². The third-order valence-electron chi connectivity index (χ3n) is 4.65. The largest absolute Gasteiger partial charge is 0.390 e. The Morgan fingerprint density at radius 3 is 2.50 bits per heavy atom. The summed E-state index contributed by atoms with van der Waals surface area (Å²) in [6, 6.07) is 3.86. The first-order chi connectivity index (χ1) is 10.5. The van der Waals surface area contributed by atoms with Gasteiger partial charge in [0, 0.05) is 25.3 Å². The van der Waals surface area contributed by atoms with E-state index >= 15 is 0 Å². The van der Waals surface area contributed by atoms with Crippen LogP contribution >= 0.6 is 0 Å². The van der Waals surface area contributed by atoms with Crippen LogP contribution in [0.3, 0.4) is 0 Å². The number of amides is 1. The van der Waals surface area contributed by atoms with E-state index in [9.17, 15) is 9.90 Å². The molecular formula is C17H25N3O2. The summed E-state index contributed by atoms with van der Waals surface area (Å²) < 4.78 is 0. The Morgan fingerprint density at radius 2 is 1.95 bits per heavy atom. The Morgan fingerprint density at radius 1 is 1.27 bits per heavy atom. The van der Waals surface area contributed by atoms with Gasteiger partial charge >= 0.3 is 0 Å². The molecule has 1 saturated heterocycles. The van der Waals surface area contributed by atoms with E-state index in [2.05, 4.69) is 15.2 Å². The number of nitrogens with one attached hydrogen (secondary N) is 1. The number of pyridine rings is 1. The predicted molar refractivity (Wildman–Crippen MR) is 86.0 cm³/mol. The molecule has 0 atom stereocenters. The number of hydrogen-bond acceptors (Lipinski definition) is 4. The van der Waals surface area contributed by atoms with Crippen LogP contribution in [-0.2, 0) is 0 Å². The number of nitrogens with zero attached hydrogens (tertiary/aromatic N) is 2. The van der Waals surface area contributed by atoms with Crippen molar-refractivity contribution in [2.75, 3.05) is 18.0 Å². The maximum atomic E-state index is 12.2. The minimum absolute atomic E-state index is 0.0767. The van der Waals surface area contributed by atoms with E-state index in [1.807, 2.05) is 12.1 Å². The van der Waals surface area contributed by atoms with Crippen molar-refractivity contribution in [1.82, 2.24) is 10.3 Å². The Balaban J connectivity index is 1.57. The molecule has 1 aromatic heterocycles. The Hall–Kier alpha value is -1.62. The van der Waals surface area contributed by atoms with E-state index < -0.39 is 5.60 Å². The third kappa shape index (κ3) is 3.58. The van der Waals surface area contributed by atoms with Gasteiger partial charge in [-0.15, -0.1) is 0 Å². The van der Waals surface area contributed by atoms with Crippen LogP contribution < -0.4 is 10.2 Å². The minimum atomic E-state index is -0.618. The molecule has 1 amide bonds. The van der Waals surface area contributed by atoms with E-state index in [1.54, 1.807) is 13.1 Å². The summed E-state index contributed by atoms with van der Waals surface area (Å²) in [6.07, 6.45) is 7.92. The smallest absolute Gasteiger partial charge is 0.253 e. The van der Waals surface area contributed by atoms with Crippen molar-refractivity contribution in [3.05, 3.63) is 23.9 Å². The lowest BCUT2D eigenvalue weighted by Gasteiger charge is -2.41. The van der Waals surface area contributed by atoms with Crippen molar-refractivity contribution < 1.29 is 9.90 Å². The summed E-state index contributed by atoms with van der Waals surface area (Å²) in [4.78, 5) is 18.9. The average molecular weight is 303 g/mol. The van der Waals surface area contributed by atoms with Gasteiger partial charge in [-0.05, 0) is 44.7 Å². The maximum Gasteiger partial charge on any atom is 0.253 e. The molecule has 0 radical (unpaired) electrons. The first kappa shape index (κ1) is 15.3. The molecule has 1 aliphatic carbocycles. The van der Waals surface area contributed by atoms with Crippen molar-refractivity contribution in [1.29, 1.82) is 0 Å². The molecule has 2 fully saturated rings. The SMILES string of the molecule is CC1(O)CC(NC(=O)c2ccc(N3CCCCCC3)nc2)C1. The van der Waals surface area contributed by atoms with Crippen LogP contribution in [0.1, 0.15) is 55.8 Å². The fourth-order valence-electron chi connectivity index (χ4n) is 3.38. The zero-order valence-electron chi connectivity index (χ0n) is 13.2. The lowest BCUT2D eigenvalue weighted by atomic mass is 9.77. The highest BCUT2D eigenvalue weighted by atomic mass is 16.3. The molecule has 1 saturated carbocycles. The lowest BCUT2D eigenvalue weighted by Crippen LogP contribution is -2.53. The first-order valence-electron chi connectivity index (χ1n) is 8.28. The zero-order valence-corrected chi connectivity index (χ0v) is 13.2. The highest BCUT2D eigenvalue weighted by Crippen LogP contribution is 2.31. The second-order valence-electron chi connectivity index (χ2n) is 6.88. The molecule has 120 valence electrons. The molecular weight excluding hydrogens is 278 g/mol. The second-order valence-corrected chi connectivity index (χ2v) is 6.88. The normalized spacial score (nSPS) is 28.6. The average Bonchev–Trinajstić information content (AvgIpc) is 2.74. The Labute approximate surface area is 131 Å². The molecule has 5 nitrogen and oxygen atoms in total. The molecule has 0 aromatic carbocycles. The van der Waals surface area contributed by atoms with Crippen molar-refractivity contribution >= 4 is 11.7 Å². The van der Waals surface area contributed by atoms with Crippen LogP contribution in [0.2, 0.25) is 0 Å². The number of carbonyl (C=O) groups is 1. The van der Waals surface area contributed by atoms with Gasteiger partial charge in [0.15, 0.2) is 0 Å². The van der Waals surface area contributed by atoms with Crippen molar-refractivity contribution in [2.24, 2.45) is 0 Å². The topological polar surface area (TPSA) is 65.5 Å². The standard InChI is InChI=1S/C17H25N3O2/c1-17(22)10-14(11-17)19-16(21)13-6-7-15(18-12-13)20-8-4-2-3-5-9-20/h6-7,12,14,22H,2-5,8-11H2,1H3,(H,19,21). The van der Waals surface area contributed by atoms with E-state index in [4.69, 9.17) is 0 Å². The fourth-order valence-corrected chi connectivity index (χ4v) is 3.38. The number of rotatable bonds is 3. The van der Waals surface area contributed by atoms with Crippen LogP contribution in [-0.4, -0.2) is 40.7 Å². The molecule has 1 aromatic rings. The number of anilines is 1. The summed E-state index contributed by atoms with van der Waals surface area (Å²) in [7, 11) is 0. The number of hydrogen-bond donors (Lipinski definition) is 2. The molecule has 1 aliphatic heterocycles. The van der Waals surface area contributed by atoms with Gasteiger partial charge in [-0.1, -0.05) is 12.8 Å². The van der Waals surface area contributed by atoms with Crippen LogP contribution in [0.25, 0.3) is 0 Å². The summed E-state index contributed by atoms with van der Waals surface area (Å²) in [6.45, 7) is 3.90. The van der Waals surface area contributed by atoms with Gasteiger partial charge in [-0.25, -0.2) is 4.98 Å². The van der Waals surface area contributed by atoms with Crippen molar-refractivity contribution in [2.45, 2.75) is 57.1 Å². The Kier molecular flexibility index (Phi) is 4.34. The van der Waals surface area contributed by atoms with Gasteiger partial charge in [-0.2, -0.15) is 0 Å². The first-order valence-corrected chi connectivity index (χ1v) is 8.28. The zero-order chi connectivity index (χ0) is 15.6. The molecule has 0 spiro atoms. The number of carbonyl (C=O) groups excluding carboxylic acids is 1. The van der Waals surface area contributed by atoms with Gasteiger partial charge in [0.1, 0.15) is 5.82 Å². The van der Waals surface area contributed by atoms with Crippen molar-refractivity contribution in [3.63, 3.8) is 0 Å². The Bertz CT molecular complexity index is 511. The monoisotopic (exact) mass is 303 g/mol. The van der Waals surface area contributed by atoms with Gasteiger partial charge in [0.25, 0.3) is 5.91 Å². The molecule has 2 N–H and O–H groups in total. The van der Waals surface area contributed by atoms with E-state index in [0.29, 0.717) is 18.4 Å². The summed E-state index contributed by atoms with van der Waals surface area (Å²) in [5.74, 6) is 0.862. The third-order valence-corrected chi connectivity index (χ3v) is 4.65. The van der Waals surface area contributed by atoms with Crippen LogP contribution in [0.5, 0.6) is 0 Å². The second kappa shape index (κ2) is 6.24. The van der Waals surface area contributed by atoms with E-state index in [1.165, 1.54) is 25.7 Å². The summed E-state index contributed by atoms with van der Waals surface area (Å²) in [5.41, 5.74) is -0.0302. The summed E-state index contributed by atoms with van der Waals surface area (Å²) >= 11 is 0. The van der Waals surface area contributed by atoms with Crippen LogP contribution in [0, 0.1) is 0 Å². The van der Waals surface area contributed by atoms with E-state index in [0.717, 1.165) is 18.9 Å².